The SMILES string of the molecule is CC1(C)C2CCC1(C)C(OC(=O)C(Cc1c[nH]c3ccccc13)NC(=O)c1ccccc1C(=O)N(C1CCCCC1)C1CCCCC1)C2. The van der Waals surface area contributed by atoms with Gasteiger partial charge in [-0.1, -0.05) is 89.6 Å². The van der Waals surface area contributed by atoms with Crippen molar-refractivity contribution in [2.24, 2.45) is 16.7 Å². The van der Waals surface area contributed by atoms with Gasteiger partial charge in [0.05, 0.1) is 11.1 Å². The minimum absolute atomic E-state index is 0.0487. The molecular formula is C41H53N3O4. The van der Waals surface area contributed by atoms with Crippen LogP contribution in [-0.2, 0) is 16.0 Å². The molecule has 4 fully saturated rings. The van der Waals surface area contributed by atoms with Crippen LogP contribution in [0.5, 0.6) is 0 Å². The molecule has 4 atom stereocenters. The van der Waals surface area contributed by atoms with Crippen LogP contribution in [0.25, 0.3) is 10.9 Å². The highest BCUT2D eigenvalue weighted by atomic mass is 16.5. The Morgan fingerprint density at radius 2 is 1.48 bits per heavy atom. The number of esters is 1. The number of rotatable bonds is 9. The van der Waals surface area contributed by atoms with Crippen LogP contribution in [0.1, 0.15) is 131 Å². The fourth-order valence-electron chi connectivity index (χ4n) is 9.84. The third kappa shape index (κ3) is 5.96. The molecule has 4 aliphatic rings. The first-order valence-electron chi connectivity index (χ1n) is 18.7. The minimum Gasteiger partial charge on any atom is -0.460 e. The monoisotopic (exact) mass is 651 g/mol. The molecular weight excluding hydrogens is 598 g/mol. The molecule has 7 rings (SSSR count). The Morgan fingerprint density at radius 3 is 2.10 bits per heavy atom. The molecule has 4 unspecified atom stereocenters. The number of H-pyrrole nitrogens is 1. The molecule has 2 amide bonds. The Labute approximate surface area is 285 Å². The van der Waals surface area contributed by atoms with Crippen LogP contribution in [0.2, 0.25) is 0 Å². The lowest BCUT2D eigenvalue weighted by Gasteiger charge is -2.42. The van der Waals surface area contributed by atoms with Crippen LogP contribution >= 0.6 is 0 Å². The molecule has 2 N–H and O–H groups in total. The molecule has 4 aliphatic carbocycles. The second kappa shape index (κ2) is 13.4. The zero-order valence-electron chi connectivity index (χ0n) is 29.1. The topological polar surface area (TPSA) is 91.5 Å². The molecule has 0 spiro atoms. The lowest BCUT2D eigenvalue weighted by molar-refractivity contribution is -0.159. The van der Waals surface area contributed by atoms with Gasteiger partial charge < -0.3 is 19.9 Å². The molecule has 2 aromatic carbocycles. The van der Waals surface area contributed by atoms with Gasteiger partial charge in [0.1, 0.15) is 12.1 Å². The maximum atomic E-state index is 14.5. The number of benzene rings is 2. The van der Waals surface area contributed by atoms with E-state index in [4.69, 9.17) is 4.74 Å². The number of nitrogens with zero attached hydrogens (tertiary/aromatic N) is 1. The lowest BCUT2D eigenvalue weighted by Crippen LogP contribution is -2.50. The van der Waals surface area contributed by atoms with Gasteiger partial charge in [-0.05, 0) is 80.0 Å². The Bertz CT molecular complexity index is 1630. The molecule has 1 aromatic heterocycles. The van der Waals surface area contributed by atoms with Crippen LogP contribution < -0.4 is 5.32 Å². The first-order chi connectivity index (χ1) is 23.2. The van der Waals surface area contributed by atoms with E-state index < -0.39 is 17.9 Å². The zero-order valence-corrected chi connectivity index (χ0v) is 29.1. The predicted molar refractivity (Wildman–Crippen MR) is 189 cm³/mol. The average molecular weight is 652 g/mol. The van der Waals surface area contributed by atoms with E-state index in [0.717, 1.165) is 87.1 Å². The third-order valence-corrected chi connectivity index (χ3v) is 13.2. The molecule has 3 aromatic rings. The summed E-state index contributed by atoms with van der Waals surface area (Å²) in [6, 6.07) is 14.7. The number of para-hydroxylation sites is 1. The predicted octanol–water partition coefficient (Wildman–Crippen LogP) is 8.37. The smallest absolute Gasteiger partial charge is 0.329 e. The maximum Gasteiger partial charge on any atom is 0.329 e. The van der Waals surface area contributed by atoms with Crippen LogP contribution in [0.4, 0.5) is 0 Å². The van der Waals surface area contributed by atoms with Gasteiger partial charge in [-0.15, -0.1) is 0 Å². The van der Waals surface area contributed by atoms with E-state index in [1.165, 1.54) is 12.8 Å². The number of hydrogen-bond donors (Lipinski definition) is 2. The highest BCUT2D eigenvalue weighted by Gasteiger charge is 2.63. The van der Waals surface area contributed by atoms with Crippen molar-refractivity contribution in [3.8, 4) is 0 Å². The van der Waals surface area contributed by atoms with Crippen LogP contribution in [-0.4, -0.2) is 51.9 Å². The fraction of sp³-hybridized carbons (Fsp3) is 0.585. The number of aromatic nitrogens is 1. The fourth-order valence-corrected chi connectivity index (χ4v) is 9.84. The summed E-state index contributed by atoms with van der Waals surface area (Å²) in [5.74, 6) is -0.339. The highest BCUT2D eigenvalue weighted by Crippen LogP contribution is 2.66. The Kier molecular flexibility index (Phi) is 9.16. The van der Waals surface area contributed by atoms with Crippen molar-refractivity contribution in [1.29, 1.82) is 0 Å². The van der Waals surface area contributed by atoms with Gasteiger partial charge in [0.15, 0.2) is 0 Å². The normalized spacial score (nSPS) is 26.3. The zero-order chi connectivity index (χ0) is 33.5. The first-order valence-corrected chi connectivity index (χ1v) is 18.7. The quantitative estimate of drug-likeness (QED) is 0.228. The summed E-state index contributed by atoms with van der Waals surface area (Å²) in [6.07, 6.45) is 16.2. The van der Waals surface area contributed by atoms with E-state index in [1.54, 1.807) is 12.1 Å². The summed E-state index contributed by atoms with van der Waals surface area (Å²) in [5, 5.41) is 4.10. The van der Waals surface area contributed by atoms with Crippen LogP contribution in [0.15, 0.2) is 54.7 Å². The van der Waals surface area contributed by atoms with Crippen molar-refractivity contribution in [2.75, 3.05) is 0 Å². The molecule has 7 heteroatoms. The standard InChI is InChI=1S/C41H53N3O4/c1-40(2)28-22-23-41(40,3)36(25-28)48-39(47)35(24-27-26-42-34-21-13-12-18-31(27)34)43-37(45)32-19-10-11-20-33(32)38(46)44(29-14-6-4-7-15-29)30-16-8-5-9-17-30/h10-13,18-21,26,28-30,35-36,42H,4-9,14-17,22-25H2,1-3H3,(H,43,45). The summed E-state index contributed by atoms with van der Waals surface area (Å²) in [6.45, 7) is 6.88. The van der Waals surface area contributed by atoms with E-state index in [1.807, 2.05) is 42.6 Å². The van der Waals surface area contributed by atoms with Crippen molar-refractivity contribution in [2.45, 2.75) is 135 Å². The number of carbonyl (C=O) groups is 3. The van der Waals surface area contributed by atoms with Crippen molar-refractivity contribution < 1.29 is 19.1 Å². The Morgan fingerprint density at radius 1 is 0.854 bits per heavy atom. The van der Waals surface area contributed by atoms with Gasteiger partial charge in [0, 0.05) is 41.0 Å². The molecule has 48 heavy (non-hydrogen) atoms. The number of fused-ring (bicyclic) bond motifs is 3. The first kappa shape index (κ1) is 32.9. The van der Waals surface area contributed by atoms with Gasteiger partial charge in [0.25, 0.3) is 11.8 Å². The van der Waals surface area contributed by atoms with Crippen LogP contribution in [0, 0.1) is 16.7 Å². The van der Waals surface area contributed by atoms with Crippen LogP contribution in [0.3, 0.4) is 0 Å². The van der Waals surface area contributed by atoms with Crippen molar-refractivity contribution in [3.05, 3.63) is 71.4 Å². The summed E-state index contributed by atoms with van der Waals surface area (Å²) in [4.78, 5) is 48.5. The lowest BCUT2D eigenvalue weighted by atomic mass is 9.70. The molecule has 0 saturated heterocycles. The van der Waals surface area contributed by atoms with E-state index >= 15 is 0 Å². The number of amides is 2. The molecule has 256 valence electrons. The van der Waals surface area contributed by atoms with Gasteiger partial charge in [-0.25, -0.2) is 4.79 Å². The van der Waals surface area contributed by atoms with Gasteiger partial charge in [0.2, 0.25) is 0 Å². The van der Waals surface area contributed by atoms with Crippen molar-refractivity contribution in [3.63, 3.8) is 0 Å². The van der Waals surface area contributed by atoms with Crippen molar-refractivity contribution in [1.82, 2.24) is 15.2 Å². The average Bonchev–Trinajstić information content (AvgIpc) is 3.67. The molecule has 1 heterocycles. The number of hydrogen-bond acceptors (Lipinski definition) is 4. The summed E-state index contributed by atoms with van der Waals surface area (Å²) >= 11 is 0. The van der Waals surface area contributed by atoms with E-state index in [9.17, 15) is 14.4 Å². The number of aromatic amines is 1. The third-order valence-electron chi connectivity index (χ3n) is 13.2. The van der Waals surface area contributed by atoms with E-state index in [-0.39, 0.29) is 41.3 Å². The Balaban J connectivity index is 1.17. The second-order valence-corrected chi connectivity index (χ2v) is 16.0. The van der Waals surface area contributed by atoms with E-state index in [0.29, 0.717) is 17.0 Å². The van der Waals surface area contributed by atoms with Gasteiger partial charge in [-0.2, -0.15) is 0 Å². The number of ether oxygens (including phenoxy) is 1. The van der Waals surface area contributed by atoms with E-state index in [2.05, 4.69) is 36.0 Å². The molecule has 0 radical (unpaired) electrons. The Hall–Kier alpha value is -3.61. The van der Waals surface area contributed by atoms with Gasteiger partial charge in [-0.3, -0.25) is 9.59 Å². The summed E-state index contributed by atoms with van der Waals surface area (Å²) in [7, 11) is 0. The minimum atomic E-state index is -0.904. The number of carbonyl (C=O) groups excluding carboxylic acids is 3. The summed E-state index contributed by atoms with van der Waals surface area (Å²) < 4.78 is 6.38. The molecule has 7 nitrogen and oxygen atoms in total. The largest absolute Gasteiger partial charge is 0.460 e. The maximum absolute atomic E-state index is 14.5. The second-order valence-electron chi connectivity index (χ2n) is 16.0. The highest BCUT2D eigenvalue weighted by molar-refractivity contribution is 6.08. The molecule has 4 saturated carbocycles. The van der Waals surface area contributed by atoms with Gasteiger partial charge >= 0.3 is 5.97 Å². The molecule has 0 aliphatic heterocycles. The molecule has 2 bridgehead atoms. The summed E-state index contributed by atoms with van der Waals surface area (Å²) in [5.41, 5.74) is 2.67. The number of nitrogens with one attached hydrogen (secondary N) is 2. The van der Waals surface area contributed by atoms with Crippen molar-refractivity contribution >= 4 is 28.7 Å².